The Kier molecular flexibility index (Phi) is 5.01. The summed E-state index contributed by atoms with van der Waals surface area (Å²) in [6.45, 7) is 3.99. The zero-order valence-corrected chi connectivity index (χ0v) is 9.32. The molecule has 3 N–H and O–H groups in total. The van der Waals surface area contributed by atoms with Gasteiger partial charge in [-0.15, -0.1) is 0 Å². The number of nitrogens with one attached hydrogen (secondary N) is 2. The third kappa shape index (κ3) is 3.44. The van der Waals surface area contributed by atoms with Gasteiger partial charge in [0, 0.05) is 13.0 Å². The molecular weight excluding hydrogens is 196 g/mol. The van der Waals surface area contributed by atoms with Gasteiger partial charge in [-0.2, -0.15) is 0 Å². The summed E-state index contributed by atoms with van der Waals surface area (Å²) in [5.74, 6) is 0.418. The highest BCUT2D eigenvalue weighted by Crippen LogP contribution is 2.15. The van der Waals surface area contributed by atoms with E-state index < -0.39 is 0 Å². The Morgan fingerprint density at radius 2 is 2.33 bits per heavy atom. The van der Waals surface area contributed by atoms with Gasteiger partial charge in [0.05, 0.1) is 19.3 Å². The van der Waals surface area contributed by atoms with Crippen LogP contribution in [0.1, 0.15) is 6.92 Å². The molecule has 0 bridgehead atoms. The van der Waals surface area contributed by atoms with Crippen molar-refractivity contribution in [1.29, 1.82) is 0 Å². The highest BCUT2D eigenvalue weighted by molar-refractivity contribution is 5.79. The van der Waals surface area contributed by atoms with E-state index in [-0.39, 0.29) is 24.5 Å². The molecule has 5 nitrogen and oxygen atoms in total. The van der Waals surface area contributed by atoms with Crippen LogP contribution in [0, 0.1) is 11.8 Å². The fourth-order valence-electron chi connectivity index (χ4n) is 1.55. The molecule has 0 aromatic carbocycles. The van der Waals surface area contributed by atoms with Crippen molar-refractivity contribution in [3.05, 3.63) is 0 Å². The Labute approximate surface area is 90.2 Å². The van der Waals surface area contributed by atoms with Crippen LogP contribution in [-0.4, -0.2) is 50.5 Å². The molecule has 2 atom stereocenters. The van der Waals surface area contributed by atoms with E-state index in [0.717, 1.165) is 13.1 Å². The predicted octanol–water partition coefficient (Wildman–Crippen LogP) is -1.03. The van der Waals surface area contributed by atoms with Gasteiger partial charge in [0.2, 0.25) is 5.91 Å². The zero-order valence-electron chi connectivity index (χ0n) is 9.32. The first-order valence-corrected chi connectivity index (χ1v) is 5.30. The molecule has 1 saturated heterocycles. The maximum absolute atomic E-state index is 11.7. The molecule has 1 heterocycles. The number of carbonyl (C=O) groups excluding carboxylic acids is 1. The molecule has 2 unspecified atom stereocenters. The van der Waals surface area contributed by atoms with Crippen molar-refractivity contribution < 1.29 is 14.6 Å². The topological polar surface area (TPSA) is 70.6 Å². The van der Waals surface area contributed by atoms with Gasteiger partial charge in [-0.25, -0.2) is 0 Å². The summed E-state index contributed by atoms with van der Waals surface area (Å²) in [6, 6.07) is -0.294. The van der Waals surface area contributed by atoms with Gasteiger partial charge in [-0.05, 0) is 19.0 Å². The average Bonchev–Trinajstić information content (AvgIpc) is 2.14. The average molecular weight is 216 g/mol. The van der Waals surface area contributed by atoms with E-state index in [1.54, 1.807) is 7.11 Å². The minimum absolute atomic E-state index is 0.00222. The summed E-state index contributed by atoms with van der Waals surface area (Å²) in [5.41, 5.74) is 0. The van der Waals surface area contributed by atoms with E-state index in [2.05, 4.69) is 10.6 Å². The number of amides is 1. The van der Waals surface area contributed by atoms with Gasteiger partial charge in [0.15, 0.2) is 0 Å². The number of methoxy groups -OCH3 is 1. The van der Waals surface area contributed by atoms with E-state index in [0.29, 0.717) is 12.5 Å². The number of carbonyl (C=O) groups is 1. The van der Waals surface area contributed by atoms with Crippen molar-refractivity contribution >= 4 is 5.91 Å². The van der Waals surface area contributed by atoms with Crippen LogP contribution in [0.15, 0.2) is 0 Å². The molecule has 1 aliphatic rings. The van der Waals surface area contributed by atoms with Crippen LogP contribution in [-0.2, 0) is 9.53 Å². The number of aliphatic hydroxyl groups excluding tert-OH is 1. The lowest BCUT2D eigenvalue weighted by molar-refractivity contribution is -0.128. The third-order valence-corrected chi connectivity index (χ3v) is 2.87. The van der Waals surface area contributed by atoms with Crippen LogP contribution in [0.3, 0.4) is 0 Å². The van der Waals surface area contributed by atoms with Crippen LogP contribution in [0.5, 0.6) is 0 Å². The standard InChI is InChI=1S/C10H20N2O3/c1-7(8-3-11-4-8)10(14)12-9(5-13)6-15-2/h7-9,11,13H,3-6H2,1-2H3,(H,12,14). The van der Waals surface area contributed by atoms with Crippen molar-refractivity contribution in [3.63, 3.8) is 0 Å². The number of hydrogen-bond acceptors (Lipinski definition) is 4. The Bertz CT molecular complexity index is 207. The molecule has 0 spiro atoms. The van der Waals surface area contributed by atoms with Crippen molar-refractivity contribution in [2.45, 2.75) is 13.0 Å². The minimum atomic E-state index is -0.294. The molecule has 1 rings (SSSR count). The Balaban J connectivity index is 2.31. The van der Waals surface area contributed by atoms with E-state index in [1.165, 1.54) is 0 Å². The number of aliphatic hydroxyl groups is 1. The summed E-state index contributed by atoms with van der Waals surface area (Å²) < 4.78 is 4.89. The lowest BCUT2D eigenvalue weighted by Crippen LogP contribution is -2.52. The molecule has 0 aliphatic carbocycles. The van der Waals surface area contributed by atoms with Gasteiger partial charge in [0.1, 0.15) is 0 Å². The Morgan fingerprint density at radius 1 is 1.67 bits per heavy atom. The second kappa shape index (κ2) is 6.05. The molecule has 0 aromatic rings. The fourth-order valence-corrected chi connectivity index (χ4v) is 1.55. The first kappa shape index (κ1) is 12.4. The Morgan fingerprint density at radius 3 is 2.73 bits per heavy atom. The summed E-state index contributed by atoms with van der Waals surface area (Å²) >= 11 is 0. The maximum atomic E-state index is 11.7. The molecule has 0 saturated carbocycles. The second-order valence-electron chi connectivity index (χ2n) is 4.05. The molecule has 15 heavy (non-hydrogen) atoms. The smallest absolute Gasteiger partial charge is 0.223 e. The number of rotatable bonds is 6. The fraction of sp³-hybridized carbons (Fsp3) is 0.900. The molecule has 5 heteroatoms. The SMILES string of the molecule is COCC(CO)NC(=O)C(C)C1CNC1. The summed E-state index contributed by atoms with van der Waals surface area (Å²) in [4.78, 5) is 11.7. The second-order valence-corrected chi connectivity index (χ2v) is 4.05. The molecule has 88 valence electrons. The lowest BCUT2D eigenvalue weighted by atomic mass is 9.88. The predicted molar refractivity (Wildman–Crippen MR) is 56.4 cm³/mol. The first-order valence-electron chi connectivity index (χ1n) is 5.30. The van der Waals surface area contributed by atoms with E-state index in [4.69, 9.17) is 9.84 Å². The molecular formula is C10H20N2O3. The minimum Gasteiger partial charge on any atom is -0.394 e. The Hall–Kier alpha value is -0.650. The first-order chi connectivity index (χ1) is 7.19. The highest BCUT2D eigenvalue weighted by Gasteiger charge is 2.29. The van der Waals surface area contributed by atoms with Crippen LogP contribution in [0.2, 0.25) is 0 Å². The van der Waals surface area contributed by atoms with Gasteiger partial charge in [0.25, 0.3) is 0 Å². The van der Waals surface area contributed by atoms with E-state index in [1.807, 2.05) is 6.92 Å². The van der Waals surface area contributed by atoms with Crippen LogP contribution >= 0.6 is 0 Å². The molecule has 1 aliphatic heterocycles. The van der Waals surface area contributed by atoms with Crippen LogP contribution in [0.25, 0.3) is 0 Å². The van der Waals surface area contributed by atoms with E-state index >= 15 is 0 Å². The quantitative estimate of drug-likeness (QED) is 0.531. The molecule has 1 amide bonds. The number of hydrogen-bond donors (Lipinski definition) is 3. The largest absolute Gasteiger partial charge is 0.394 e. The van der Waals surface area contributed by atoms with Gasteiger partial charge >= 0.3 is 0 Å². The molecule has 0 aromatic heterocycles. The highest BCUT2D eigenvalue weighted by atomic mass is 16.5. The zero-order chi connectivity index (χ0) is 11.3. The maximum Gasteiger partial charge on any atom is 0.223 e. The van der Waals surface area contributed by atoms with Crippen molar-refractivity contribution in [2.24, 2.45) is 11.8 Å². The van der Waals surface area contributed by atoms with Crippen molar-refractivity contribution in [3.8, 4) is 0 Å². The normalized spacial score (nSPS) is 20.5. The summed E-state index contributed by atoms with van der Waals surface area (Å²) in [7, 11) is 1.55. The summed E-state index contributed by atoms with van der Waals surface area (Å²) in [6.07, 6.45) is 0. The summed E-state index contributed by atoms with van der Waals surface area (Å²) in [5, 5.41) is 14.9. The van der Waals surface area contributed by atoms with Crippen molar-refractivity contribution in [2.75, 3.05) is 33.4 Å². The van der Waals surface area contributed by atoms with Gasteiger partial charge < -0.3 is 20.5 Å². The van der Waals surface area contributed by atoms with Crippen molar-refractivity contribution in [1.82, 2.24) is 10.6 Å². The van der Waals surface area contributed by atoms with Crippen LogP contribution in [0.4, 0.5) is 0 Å². The van der Waals surface area contributed by atoms with Crippen LogP contribution < -0.4 is 10.6 Å². The third-order valence-electron chi connectivity index (χ3n) is 2.87. The molecule has 0 radical (unpaired) electrons. The van der Waals surface area contributed by atoms with E-state index in [9.17, 15) is 4.79 Å². The number of ether oxygens (including phenoxy) is 1. The van der Waals surface area contributed by atoms with Gasteiger partial charge in [-0.3, -0.25) is 4.79 Å². The van der Waals surface area contributed by atoms with Gasteiger partial charge in [-0.1, -0.05) is 6.92 Å². The lowest BCUT2D eigenvalue weighted by Gasteiger charge is -2.32. The molecule has 1 fully saturated rings. The monoisotopic (exact) mass is 216 g/mol.